The van der Waals surface area contributed by atoms with Crippen LogP contribution in [0.2, 0.25) is 0 Å². The van der Waals surface area contributed by atoms with Crippen LogP contribution in [-0.2, 0) is 6.54 Å². The van der Waals surface area contributed by atoms with Crippen molar-refractivity contribution < 1.29 is 9.63 Å². The molecule has 3 rings (SSSR count). The third-order valence-corrected chi connectivity index (χ3v) is 4.78. The van der Waals surface area contributed by atoms with Crippen molar-refractivity contribution in [1.29, 1.82) is 0 Å². The molecule has 0 spiro atoms. The summed E-state index contributed by atoms with van der Waals surface area (Å²) in [4.78, 5) is 5.12. The SMILES string of the molecule is OCC1CCN([C@@H]2CCCN(Cc3ccon3)C2)CC1. The van der Waals surface area contributed by atoms with E-state index < -0.39 is 0 Å². The fourth-order valence-electron chi connectivity index (χ4n) is 3.52. The van der Waals surface area contributed by atoms with Gasteiger partial charge in [0, 0.05) is 31.8 Å². The number of piperidine rings is 2. The van der Waals surface area contributed by atoms with E-state index in [0.717, 1.165) is 51.3 Å². The molecule has 0 aromatic carbocycles. The maximum absolute atomic E-state index is 9.23. The first-order valence-corrected chi connectivity index (χ1v) is 7.81. The molecule has 1 aromatic rings. The molecular weight excluding hydrogens is 254 g/mol. The zero-order valence-electron chi connectivity index (χ0n) is 12.1. The van der Waals surface area contributed by atoms with Gasteiger partial charge in [-0.1, -0.05) is 5.16 Å². The summed E-state index contributed by atoms with van der Waals surface area (Å²) in [7, 11) is 0. The predicted molar refractivity (Wildman–Crippen MR) is 76.2 cm³/mol. The van der Waals surface area contributed by atoms with Gasteiger partial charge in [-0.15, -0.1) is 0 Å². The Hall–Kier alpha value is -0.910. The number of likely N-dealkylation sites (tertiary alicyclic amines) is 2. The van der Waals surface area contributed by atoms with E-state index in [9.17, 15) is 5.11 Å². The third-order valence-electron chi connectivity index (χ3n) is 4.78. The number of aromatic nitrogens is 1. The quantitative estimate of drug-likeness (QED) is 0.901. The Morgan fingerprint density at radius 1 is 1.25 bits per heavy atom. The van der Waals surface area contributed by atoms with E-state index in [-0.39, 0.29) is 0 Å². The normalized spacial score (nSPS) is 26.9. The van der Waals surface area contributed by atoms with E-state index in [1.165, 1.54) is 12.8 Å². The van der Waals surface area contributed by atoms with Crippen LogP contribution in [-0.4, -0.2) is 58.9 Å². The number of hydrogen-bond acceptors (Lipinski definition) is 5. The second-order valence-electron chi connectivity index (χ2n) is 6.18. The zero-order chi connectivity index (χ0) is 13.8. The van der Waals surface area contributed by atoms with Crippen LogP contribution in [0.3, 0.4) is 0 Å². The lowest BCUT2D eigenvalue weighted by Crippen LogP contribution is -2.50. The predicted octanol–water partition coefficient (Wildman–Crippen LogP) is 1.34. The van der Waals surface area contributed by atoms with Crippen molar-refractivity contribution in [3.8, 4) is 0 Å². The molecule has 5 nitrogen and oxygen atoms in total. The summed E-state index contributed by atoms with van der Waals surface area (Å²) in [5.74, 6) is 0.529. The second kappa shape index (κ2) is 6.70. The molecule has 112 valence electrons. The lowest BCUT2D eigenvalue weighted by Gasteiger charge is -2.42. The van der Waals surface area contributed by atoms with Crippen LogP contribution < -0.4 is 0 Å². The Balaban J connectivity index is 1.50. The largest absolute Gasteiger partial charge is 0.396 e. The highest BCUT2D eigenvalue weighted by atomic mass is 16.5. The van der Waals surface area contributed by atoms with Gasteiger partial charge in [-0.25, -0.2) is 0 Å². The second-order valence-corrected chi connectivity index (χ2v) is 6.18. The molecule has 1 aromatic heterocycles. The van der Waals surface area contributed by atoms with Crippen LogP contribution in [0.25, 0.3) is 0 Å². The lowest BCUT2D eigenvalue weighted by atomic mass is 9.94. The summed E-state index contributed by atoms with van der Waals surface area (Å²) in [6.45, 7) is 5.85. The molecule has 0 saturated carbocycles. The van der Waals surface area contributed by atoms with E-state index in [2.05, 4.69) is 15.0 Å². The van der Waals surface area contributed by atoms with E-state index in [1.807, 2.05) is 6.07 Å². The molecule has 2 saturated heterocycles. The fraction of sp³-hybridized carbons (Fsp3) is 0.800. The summed E-state index contributed by atoms with van der Waals surface area (Å²) in [6, 6.07) is 2.63. The molecule has 1 N–H and O–H groups in total. The van der Waals surface area contributed by atoms with Crippen molar-refractivity contribution in [3.63, 3.8) is 0 Å². The van der Waals surface area contributed by atoms with Crippen LogP contribution in [0.1, 0.15) is 31.4 Å². The first-order chi connectivity index (χ1) is 9.85. The Morgan fingerprint density at radius 3 is 2.80 bits per heavy atom. The van der Waals surface area contributed by atoms with Crippen molar-refractivity contribution in [2.45, 2.75) is 38.3 Å². The number of rotatable bonds is 4. The summed E-state index contributed by atoms with van der Waals surface area (Å²) in [6.07, 6.45) is 6.52. The number of aliphatic hydroxyl groups is 1. The molecule has 0 unspecified atom stereocenters. The molecule has 20 heavy (non-hydrogen) atoms. The van der Waals surface area contributed by atoms with Gasteiger partial charge in [-0.3, -0.25) is 9.80 Å². The molecule has 2 fully saturated rings. The van der Waals surface area contributed by atoms with E-state index in [0.29, 0.717) is 18.6 Å². The van der Waals surface area contributed by atoms with Gasteiger partial charge in [-0.05, 0) is 51.2 Å². The average molecular weight is 279 g/mol. The van der Waals surface area contributed by atoms with Crippen LogP contribution in [0.4, 0.5) is 0 Å². The standard InChI is InChI=1S/C15H25N3O2/c19-12-13-3-7-18(8-4-13)15-2-1-6-17(11-15)10-14-5-9-20-16-14/h5,9,13,15,19H,1-4,6-8,10-12H2/t15-/m1/s1. The summed E-state index contributed by atoms with van der Waals surface area (Å²) >= 11 is 0. The highest BCUT2D eigenvalue weighted by molar-refractivity contribution is 4.96. The van der Waals surface area contributed by atoms with E-state index in [1.54, 1.807) is 6.26 Å². The summed E-state index contributed by atoms with van der Waals surface area (Å²) < 4.78 is 4.91. The molecule has 2 aliphatic rings. The molecule has 0 amide bonds. The summed E-state index contributed by atoms with van der Waals surface area (Å²) in [5, 5.41) is 13.2. The van der Waals surface area contributed by atoms with Crippen LogP contribution in [0.5, 0.6) is 0 Å². The molecule has 1 atom stereocenters. The number of aliphatic hydroxyl groups excluding tert-OH is 1. The Bertz CT molecular complexity index is 388. The van der Waals surface area contributed by atoms with Crippen molar-refractivity contribution in [1.82, 2.24) is 15.0 Å². The lowest BCUT2D eigenvalue weighted by molar-refractivity contribution is 0.0537. The average Bonchev–Trinajstić information content (AvgIpc) is 3.01. The highest BCUT2D eigenvalue weighted by Gasteiger charge is 2.28. The third kappa shape index (κ3) is 3.40. The van der Waals surface area contributed by atoms with Crippen molar-refractivity contribution in [3.05, 3.63) is 18.0 Å². The Labute approximate surface area is 120 Å². The van der Waals surface area contributed by atoms with E-state index in [4.69, 9.17) is 4.52 Å². The number of nitrogens with zero attached hydrogens (tertiary/aromatic N) is 3. The fourth-order valence-corrected chi connectivity index (χ4v) is 3.52. The maximum Gasteiger partial charge on any atom is 0.124 e. The minimum Gasteiger partial charge on any atom is -0.396 e. The van der Waals surface area contributed by atoms with Gasteiger partial charge < -0.3 is 9.63 Å². The maximum atomic E-state index is 9.23. The van der Waals surface area contributed by atoms with Gasteiger partial charge in [-0.2, -0.15) is 0 Å². The van der Waals surface area contributed by atoms with Gasteiger partial charge in [0.25, 0.3) is 0 Å². The van der Waals surface area contributed by atoms with Crippen molar-refractivity contribution >= 4 is 0 Å². The highest BCUT2D eigenvalue weighted by Crippen LogP contribution is 2.23. The van der Waals surface area contributed by atoms with Crippen molar-refractivity contribution in [2.75, 3.05) is 32.8 Å². The monoisotopic (exact) mass is 279 g/mol. The van der Waals surface area contributed by atoms with Gasteiger partial charge in [0.2, 0.25) is 0 Å². The first-order valence-electron chi connectivity index (χ1n) is 7.81. The van der Waals surface area contributed by atoms with Crippen LogP contribution >= 0.6 is 0 Å². The minimum absolute atomic E-state index is 0.358. The van der Waals surface area contributed by atoms with Crippen LogP contribution in [0, 0.1) is 5.92 Å². The van der Waals surface area contributed by atoms with Crippen LogP contribution in [0.15, 0.2) is 16.9 Å². The molecular formula is C15H25N3O2. The van der Waals surface area contributed by atoms with Gasteiger partial charge >= 0.3 is 0 Å². The van der Waals surface area contributed by atoms with Gasteiger partial charge in [0.15, 0.2) is 0 Å². The molecule has 0 bridgehead atoms. The Morgan fingerprint density at radius 2 is 2.10 bits per heavy atom. The van der Waals surface area contributed by atoms with Gasteiger partial charge in [0.05, 0.1) is 5.69 Å². The Kier molecular flexibility index (Phi) is 4.70. The molecule has 0 aliphatic carbocycles. The van der Waals surface area contributed by atoms with E-state index >= 15 is 0 Å². The molecule has 5 heteroatoms. The number of hydrogen-bond donors (Lipinski definition) is 1. The summed E-state index contributed by atoms with van der Waals surface area (Å²) in [5.41, 5.74) is 1.03. The van der Waals surface area contributed by atoms with Crippen molar-refractivity contribution in [2.24, 2.45) is 5.92 Å². The zero-order valence-corrected chi connectivity index (χ0v) is 12.1. The molecule has 0 radical (unpaired) electrons. The topological polar surface area (TPSA) is 52.7 Å². The molecule has 2 aliphatic heterocycles. The first kappa shape index (κ1) is 14.0. The smallest absolute Gasteiger partial charge is 0.124 e. The van der Waals surface area contributed by atoms with Gasteiger partial charge in [0.1, 0.15) is 6.26 Å². The minimum atomic E-state index is 0.358. The molecule has 3 heterocycles.